The van der Waals surface area contributed by atoms with Crippen molar-refractivity contribution in [3.8, 4) is 22.8 Å². The molecule has 0 N–H and O–H groups in total. The van der Waals surface area contributed by atoms with Crippen molar-refractivity contribution < 1.29 is 14.3 Å². The van der Waals surface area contributed by atoms with Crippen LogP contribution in [-0.4, -0.2) is 45.8 Å². The first-order valence-corrected chi connectivity index (χ1v) is 12.4. The molecule has 4 aromatic rings. The number of benzene rings is 2. The van der Waals surface area contributed by atoms with E-state index in [9.17, 15) is 4.79 Å². The lowest BCUT2D eigenvalue weighted by Crippen LogP contribution is -2.33. The average molecular weight is 485 g/mol. The second-order valence-electron chi connectivity index (χ2n) is 9.43. The second-order valence-corrected chi connectivity index (χ2v) is 9.43. The van der Waals surface area contributed by atoms with Gasteiger partial charge in [0.1, 0.15) is 11.5 Å². The van der Waals surface area contributed by atoms with Gasteiger partial charge in [0.25, 0.3) is 0 Å². The molecule has 0 aliphatic heterocycles. The van der Waals surface area contributed by atoms with Crippen molar-refractivity contribution in [2.75, 3.05) is 14.2 Å². The second kappa shape index (κ2) is 10.0. The van der Waals surface area contributed by atoms with Crippen LogP contribution in [0.4, 0.5) is 0 Å². The fourth-order valence-corrected chi connectivity index (χ4v) is 4.68. The van der Waals surface area contributed by atoms with E-state index < -0.39 is 0 Å². The molecule has 5 rings (SSSR count). The van der Waals surface area contributed by atoms with Crippen molar-refractivity contribution >= 4 is 16.8 Å². The molecular formula is C29H32N4O3. The standard InChI is InChI=1S/C29H32N4O3/c1-19-6-5-7-21-16-22(29(30-28(19)21)25-17-24(35-3)10-11-26(25)36-4)18-33(23-8-9-23)27(34)13-15-32-14-12-20(2)31-32/h5-7,10-12,14,16-17,23H,8-9,13,15,18H2,1-4H3. The van der Waals surface area contributed by atoms with E-state index in [1.165, 1.54) is 0 Å². The Hall–Kier alpha value is -3.87. The molecular weight excluding hydrogens is 452 g/mol. The van der Waals surface area contributed by atoms with E-state index in [1.54, 1.807) is 14.2 Å². The van der Waals surface area contributed by atoms with Crippen LogP contribution in [0.25, 0.3) is 22.2 Å². The first kappa shape index (κ1) is 23.9. The third-order valence-corrected chi connectivity index (χ3v) is 6.77. The molecule has 1 aliphatic carbocycles. The highest BCUT2D eigenvalue weighted by Gasteiger charge is 2.33. The number of hydrogen-bond acceptors (Lipinski definition) is 5. The van der Waals surface area contributed by atoms with E-state index in [0.717, 1.165) is 63.3 Å². The van der Waals surface area contributed by atoms with Crippen LogP contribution in [0.3, 0.4) is 0 Å². The zero-order valence-electron chi connectivity index (χ0n) is 21.3. The minimum atomic E-state index is 0.138. The summed E-state index contributed by atoms with van der Waals surface area (Å²) in [5.74, 6) is 1.59. The summed E-state index contributed by atoms with van der Waals surface area (Å²) >= 11 is 0. The topological polar surface area (TPSA) is 69.5 Å². The Morgan fingerprint density at radius 2 is 1.92 bits per heavy atom. The number of rotatable bonds is 9. The molecule has 1 aliphatic rings. The summed E-state index contributed by atoms with van der Waals surface area (Å²) in [5.41, 5.74) is 5.66. The number of hydrogen-bond donors (Lipinski definition) is 0. The van der Waals surface area contributed by atoms with Gasteiger partial charge in [0.15, 0.2) is 0 Å². The van der Waals surface area contributed by atoms with Crippen molar-refractivity contribution in [1.82, 2.24) is 19.7 Å². The molecule has 0 unspecified atom stereocenters. The number of aryl methyl sites for hydroxylation is 3. The molecule has 36 heavy (non-hydrogen) atoms. The molecule has 1 amide bonds. The first-order valence-electron chi connectivity index (χ1n) is 12.4. The fourth-order valence-electron chi connectivity index (χ4n) is 4.68. The third-order valence-electron chi connectivity index (χ3n) is 6.77. The van der Waals surface area contributed by atoms with E-state index in [4.69, 9.17) is 14.5 Å². The van der Waals surface area contributed by atoms with Gasteiger partial charge in [-0.1, -0.05) is 18.2 Å². The Labute approximate surface area is 211 Å². The number of aromatic nitrogens is 3. The molecule has 1 fully saturated rings. The first-order chi connectivity index (χ1) is 17.5. The highest BCUT2D eigenvalue weighted by molar-refractivity contribution is 5.87. The van der Waals surface area contributed by atoms with E-state index in [1.807, 2.05) is 53.0 Å². The van der Waals surface area contributed by atoms with Gasteiger partial charge in [-0.25, -0.2) is 4.98 Å². The molecule has 186 valence electrons. The van der Waals surface area contributed by atoms with Crippen molar-refractivity contribution in [2.45, 2.75) is 52.2 Å². The molecule has 0 bridgehead atoms. The maximum absolute atomic E-state index is 13.4. The summed E-state index contributed by atoms with van der Waals surface area (Å²) in [5, 5.41) is 5.49. The van der Waals surface area contributed by atoms with Crippen LogP contribution in [0, 0.1) is 13.8 Å². The van der Waals surface area contributed by atoms with Crippen molar-refractivity contribution in [1.29, 1.82) is 0 Å². The number of carbonyl (C=O) groups excluding carboxylic acids is 1. The van der Waals surface area contributed by atoms with Gasteiger partial charge in [-0.3, -0.25) is 9.48 Å². The van der Waals surface area contributed by atoms with Crippen LogP contribution in [0.15, 0.2) is 54.7 Å². The Morgan fingerprint density at radius 1 is 1.08 bits per heavy atom. The normalized spacial score (nSPS) is 13.1. The lowest BCUT2D eigenvalue weighted by Gasteiger charge is -2.25. The van der Waals surface area contributed by atoms with Gasteiger partial charge >= 0.3 is 0 Å². The van der Waals surface area contributed by atoms with Gasteiger partial charge in [0.05, 0.1) is 31.1 Å². The Balaban J connectivity index is 1.54. The van der Waals surface area contributed by atoms with Crippen LogP contribution in [0.1, 0.15) is 36.1 Å². The summed E-state index contributed by atoms with van der Waals surface area (Å²) in [6.07, 6.45) is 4.40. The maximum Gasteiger partial charge on any atom is 0.224 e. The van der Waals surface area contributed by atoms with Crippen molar-refractivity contribution in [3.63, 3.8) is 0 Å². The van der Waals surface area contributed by atoms with Crippen LogP contribution < -0.4 is 9.47 Å². The van der Waals surface area contributed by atoms with E-state index in [-0.39, 0.29) is 11.9 Å². The van der Waals surface area contributed by atoms with E-state index >= 15 is 0 Å². The van der Waals surface area contributed by atoms with Gasteiger partial charge in [-0.05, 0) is 68.1 Å². The molecule has 0 radical (unpaired) electrons. The average Bonchev–Trinajstić information content (AvgIpc) is 3.65. The SMILES string of the molecule is COc1ccc(OC)c(-c2nc3c(C)cccc3cc2CN(C(=O)CCn2ccc(C)n2)C2CC2)c1. The number of amides is 1. The molecule has 0 atom stereocenters. The van der Waals surface area contributed by atoms with Crippen molar-refractivity contribution in [3.05, 3.63) is 71.5 Å². The smallest absolute Gasteiger partial charge is 0.224 e. The van der Waals surface area contributed by atoms with E-state index in [2.05, 4.69) is 30.2 Å². The Morgan fingerprint density at radius 3 is 2.61 bits per heavy atom. The van der Waals surface area contributed by atoms with Gasteiger partial charge in [0.2, 0.25) is 5.91 Å². The monoisotopic (exact) mass is 484 g/mol. The molecule has 0 saturated heterocycles. The number of nitrogens with zero attached hydrogens (tertiary/aromatic N) is 4. The van der Waals surface area contributed by atoms with Gasteiger partial charge in [-0.15, -0.1) is 0 Å². The molecule has 0 spiro atoms. The van der Waals surface area contributed by atoms with E-state index in [0.29, 0.717) is 19.5 Å². The Bertz CT molecular complexity index is 1410. The van der Waals surface area contributed by atoms with Crippen LogP contribution >= 0.6 is 0 Å². The number of pyridine rings is 1. The number of para-hydroxylation sites is 1. The highest BCUT2D eigenvalue weighted by Crippen LogP contribution is 2.38. The van der Waals surface area contributed by atoms with Crippen LogP contribution in [-0.2, 0) is 17.9 Å². The summed E-state index contributed by atoms with van der Waals surface area (Å²) in [6, 6.07) is 16.3. The minimum Gasteiger partial charge on any atom is -0.497 e. The number of ether oxygens (including phenoxy) is 2. The summed E-state index contributed by atoms with van der Waals surface area (Å²) in [7, 11) is 3.31. The number of carbonyl (C=O) groups is 1. The maximum atomic E-state index is 13.4. The molecule has 2 heterocycles. The lowest BCUT2D eigenvalue weighted by molar-refractivity contribution is -0.132. The zero-order valence-corrected chi connectivity index (χ0v) is 21.3. The van der Waals surface area contributed by atoms with Gasteiger partial charge in [0, 0.05) is 42.7 Å². The fraction of sp³-hybridized carbons (Fsp3) is 0.345. The zero-order chi connectivity index (χ0) is 25.2. The highest BCUT2D eigenvalue weighted by atomic mass is 16.5. The third kappa shape index (κ3) is 4.91. The largest absolute Gasteiger partial charge is 0.497 e. The minimum absolute atomic E-state index is 0.138. The summed E-state index contributed by atoms with van der Waals surface area (Å²) in [6.45, 7) is 5.09. The number of fused-ring (bicyclic) bond motifs is 1. The predicted molar refractivity (Wildman–Crippen MR) is 140 cm³/mol. The summed E-state index contributed by atoms with van der Waals surface area (Å²) < 4.78 is 13.1. The Kier molecular flexibility index (Phi) is 6.63. The molecule has 7 nitrogen and oxygen atoms in total. The van der Waals surface area contributed by atoms with Gasteiger partial charge < -0.3 is 14.4 Å². The lowest BCUT2D eigenvalue weighted by atomic mass is 10.00. The molecule has 1 saturated carbocycles. The molecule has 7 heteroatoms. The van der Waals surface area contributed by atoms with Crippen LogP contribution in [0.2, 0.25) is 0 Å². The number of methoxy groups -OCH3 is 2. The van der Waals surface area contributed by atoms with Gasteiger partial charge in [-0.2, -0.15) is 5.10 Å². The molecule has 2 aromatic heterocycles. The predicted octanol–water partition coefficient (Wildman–Crippen LogP) is 5.31. The van der Waals surface area contributed by atoms with Crippen LogP contribution in [0.5, 0.6) is 11.5 Å². The van der Waals surface area contributed by atoms with Crippen molar-refractivity contribution in [2.24, 2.45) is 0 Å². The summed E-state index contributed by atoms with van der Waals surface area (Å²) in [4.78, 5) is 20.6. The molecule has 2 aromatic carbocycles. The quantitative estimate of drug-likeness (QED) is 0.322.